The van der Waals surface area contributed by atoms with Crippen molar-refractivity contribution >= 4 is 41.0 Å². The SMILES string of the molecule is Cc1cccc(C2SCC(=O)N(CC(=O)NC3CC3)c3c2c(-c2ccccc2)nn3-c2ccccc2Cl)c1. The monoisotopic (exact) mass is 542 g/mol. The van der Waals surface area contributed by atoms with E-state index < -0.39 is 0 Å². The Morgan fingerprint density at radius 2 is 1.82 bits per heavy atom. The highest BCUT2D eigenvalue weighted by Crippen LogP contribution is 2.49. The highest BCUT2D eigenvalue weighted by molar-refractivity contribution is 8.00. The molecule has 3 aromatic carbocycles. The Hall–Kier alpha value is -3.55. The summed E-state index contributed by atoms with van der Waals surface area (Å²) in [7, 11) is 0. The third kappa shape index (κ3) is 4.84. The van der Waals surface area contributed by atoms with Crippen LogP contribution in [0, 0.1) is 6.92 Å². The van der Waals surface area contributed by atoms with Crippen LogP contribution >= 0.6 is 23.4 Å². The molecule has 0 saturated heterocycles. The first-order valence-electron chi connectivity index (χ1n) is 12.7. The van der Waals surface area contributed by atoms with Crippen molar-refractivity contribution < 1.29 is 9.59 Å². The van der Waals surface area contributed by atoms with Crippen molar-refractivity contribution in [2.45, 2.75) is 31.1 Å². The number of rotatable bonds is 6. The molecule has 1 aromatic heterocycles. The average molecular weight is 543 g/mol. The Morgan fingerprint density at radius 3 is 2.55 bits per heavy atom. The molecule has 1 fully saturated rings. The van der Waals surface area contributed by atoms with Gasteiger partial charge in [-0.15, -0.1) is 11.8 Å². The molecule has 1 aliphatic carbocycles. The van der Waals surface area contributed by atoms with Gasteiger partial charge in [0.2, 0.25) is 11.8 Å². The third-order valence-electron chi connectivity index (χ3n) is 6.81. The lowest BCUT2D eigenvalue weighted by Gasteiger charge is -2.23. The van der Waals surface area contributed by atoms with E-state index in [1.165, 1.54) is 0 Å². The average Bonchev–Trinajstić information content (AvgIpc) is 3.67. The van der Waals surface area contributed by atoms with Gasteiger partial charge in [0.25, 0.3) is 0 Å². The first-order valence-corrected chi connectivity index (χ1v) is 14.1. The van der Waals surface area contributed by atoms with Gasteiger partial charge in [-0.2, -0.15) is 5.10 Å². The van der Waals surface area contributed by atoms with Crippen molar-refractivity contribution in [1.29, 1.82) is 0 Å². The van der Waals surface area contributed by atoms with Crippen LogP contribution in [0.4, 0.5) is 5.82 Å². The van der Waals surface area contributed by atoms with Crippen LogP contribution in [0.15, 0.2) is 78.9 Å². The van der Waals surface area contributed by atoms with Crippen molar-refractivity contribution in [3.05, 3.63) is 101 Å². The van der Waals surface area contributed by atoms with Gasteiger partial charge in [-0.1, -0.05) is 83.9 Å². The number of para-hydroxylation sites is 1. The molecule has 0 bridgehead atoms. The van der Waals surface area contributed by atoms with Gasteiger partial charge in [-0.25, -0.2) is 4.68 Å². The van der Waals surface area contributed by atoms with E-state index in [9.17, 15) is 9.59 Å². The van der Waals surface area contributed by atoms with Crippen LogP contribution in [-0.4, -0.2) is 39.9 Å². The normalized spacial score (nSPS) is 17.2. The molecule has 8 heteroatoms. The molecule has 6 rings (SSSR count). The maximum absolute atomic E-state index is 13.7. The van der Waals surface area contributed by atoms with Crippen LogP contribution < -0.4 is 10.2 Å². The van der Waals surface area contributed by atoms with E-state index in [-0.39, 0.29) is 35.4 Å². The number of thioether (sulfide) groups is 1. The zero-order valence-corrected chi connectivity index (χ0v) is 22.5. The summed E-state index contributed by atoms with van der Waals surface area (Å²) in [6.45, 7) is 1.99. The van der Waals surface area contributed by atoms with Gasteiger partial charge in [-0.3, -0.25) is 14.5 Å². The Kier molecular flexibility index (Phi) is 6.72. The Morgan fingerprint density at radius 1 is 1.05 bits per heavy atom. The van der Waals surface area contributed by atoms with E-state index in [1.807, 2.05) is 60.7 Å². The zero-order valence-electron chi connectivity index (χ0n) is 20.9. The summed E-state index contributed by atoms with van der Waals surface area (Å²) < 4.78 is 1.75. The van der Waals surface area contributed by atoms with Gasteiger partial charge < -0.3 is 5.32 Å². The molecule has 6 nitrogen and oxygen atoms in total. The van der Waals surface area contributed by atoms with E-state index >= 15 is 0 Å². The first kappa shape index (κ1) is 24.8. The molecule has 2 aliphatic rings. The van der Waals surface area contributed by atoms with E-state index in [4.69, 9.17) is 16.7 Å². The number of aromatic nitrogens is 2. The predicted molar refractivity (Wildman–Crippen MR) is 153 cm³/mol. The molecular formula is C30H27ClN4O2S. The highest BCUT2D eigenvalue weighted by atomic mass is 35.5. The number of aryl methyl sites for hydroxylation is 1. The second kappa shape index (κ2) is 10.3. The lowest BCUT2D eigenvalue weighted by Crippen LogP contribution is -2.43. The number of nitrogens with zero attached hydrogens (tertiary/aromatic N) is 3. The Labute approximate surface area is 231 Å². The number of fused-ring (bicyclic) bond motifs is 1. The van der Waals surface area contributed by atoms with E-state index in [1.54, 1.807) is 21.3 Å². The molecule has 1 unspecified atom stereocenters. The largest absolute Gasteiger partial charge is 0.352 e. The number of anilines is 1. The number of hydrogen-bond donors (Lipinski definition) is 1. The Balaban J connectivity index is 1.62. The van der Waals surface area contributed by atoms with Gasteiger partial charge in [0.05, 0.1) is 27.4 Å². The number of amides is 2. The van der Waals surface area contributed by atoms with Crippen LogP contribution in [0.2, 0.25) is 5.02 Å². The lowest BCUT2D eigenvalue weighted by atomic mass is 9.98. The zero-order chi connectivity index (χ0) is 26.2. The van der Waals surface area contributed by atoms with Crippen LogP contribution in [-0.2, 0) is 9.59 Å². The quantitative estimate of drug-likeness (QED) is 0.327. The molecule has 1 N–H and O–H groups in total. The van der Waals surface area contributed by atoms with Gasteiger partial charge >= 0.3 is 0 Å². The second-order valence-electron chi connectivity index (χ2n) is 9.74. The van der Waals surface area contributed by atoms with E-state index in [0.29, 0.717) is 16.5 Å². The van der Waals surface area contributed by atoms with Crippen LogP contribution in [0.25, 0.3) is 16.9 Å². The molecule has 38 heavy (non-hydrogen) atoms. The molecule has 192 valence electrons. The molecule has 2 amide bonds. The number of hydrogen-bond acceptors (Lipinski definition) is 4. The van der Waals surface area contributed by atoms with Gasteiger partial charge in [0.15, 0.2) is 0 Å². The molecule has 4 aromatic rings. The smallest absolute Gasteiger partial charge is 0.240 e. The standard InChI is InChI=1S/C30H27ClN4O2S/c1-19-8-7-11-21(16-19)29-27-28(20-9-3-2-4-10-20)33-35(24-13-6-5-12-23(24)31)30(27)34(26(37)18-38-29)17-25(36)32-22-14-15-22/h2-13,16,22,29H,14-15,17-18H2,1H3,(H,32,36). The second-order valence-corrected chi connectivity index (χ2v) is 11.2. The topological polar surface area (TPSA) is 67.2 Å². The molecular weight excluding hydrogens is 516 g/mol. The summed E-state index contributed by atoms with van der Waals surface area (Å²) in [5.74, 6) is 0.523. The van der Waals surface area contributed by atoms with Crippen molar-refractivity contribution in [3.63, 3.8) is 0 Å². The van der Waals surface area contributed by atoms with Crippen molar-refractivity contribution in [2.24, 2.45) is 0 Å². The number of carbonyl (C=O) groups excluding carboxylic acids is 2. The summed E-state index contributed by atoms with van der Waals surface area (Å²) in [5.41, 5.74) is 5.48. The van der Waals surface area contributed by atoms with Crippen LogP contribution in [0.1, 0.15) is 34.8 Å². The van der Waals surface area contributed by atoms with Crippen molar-refractivity contribution in [1.82, 2.24) is 15.1 Å². The fourth-order valence-corrected chi connectivity index (χ4v) is 6.26. The number of carbonyl (C=O) groups is 2. The molecule has 2 heterocycles. The Bertz CT molecular complexity index is 1520. The number of benzene rings is 3. The molecule has 1 aliphatic heterocycles. The molecule has 1 atom stereocenters. The lowest BCUT2D eigenvalue weighted by molar-refractivity contribution is -0.123. The van der Waals surface area contributed by atoms with Crippen LogP contribution in [0.5, 0.6) is 0 Å². The predicted octanol–water partition coefficient (Wildman–Crippen LogP) is 5.95. The maximum atomic E-state index is 13.7. The van der Waals surface area contributed by atoms with Gasteiger partial charge in [-0.05, 0) is 37.5 Å². The minimum atomic E-state index is -0.170. The van der Waals surface area contributed by atoms with Crippen LogP contribution in [0.3, 0.4) is 0 Å². The minimum absolute atomic E-state index is 0.0756. The summed E-state index contributed by atoms with van der Waals surface area (Å²) in [5, 5.41) is 8.47. The molecule has 0 radical (unpaired) electrons. The fourth-order valence-electron chi connectivity index (χ4n) is 4.86. The number of nitrogens with one attached hydrogen (secondary N) is 1. The minimum Gasteiger partial charge on any atom is -0.352 e. The number of halogens is 1. The summed E-state index contributed by atoms with van der Waals surface area (Å²) in [4.78, 5) is 28.4. The highest BCUT2D eigenvalue weighted by Gasteiger charge is 2.38. The van der Waals surface area contributed by atoms with E-state index in [2.05, 4.69) is 30.4 Å². The summed E-state index contributed by atoms with van der Waals surface area (Å²) in [6.07, 6.45) is 1.96. The maximum Gasteiger partial charge on any atom is 0.240 e. The fraction of sp³-hybridized carbons (Fsp3) is 0.233. The summed E-state index contributed by atoms with van der Waals surface area (Å²) >= 11 is 8.26. The third-order valence-corrected chi connectivity index (χ3v) is 8.38. The van der Waals surface area contributed by atoms with Gasteiger partial charge in [0.1, 0.15) is 12.4 Å². The van der Waals surface area contributed by atoms with Crippen molar-refractivity contribution in [3.8, 4) is 16.9 Å². The molecule has 0 spiro atoms. The first-order chi connectivity index (χ1) is 18.5. The summed E-state index contributed by atoms with van der Waals surface area (Å²) in [6, 6.07) is 26.0. The van der Waals surface area contributed by atoms with Gasteiger partial charge in [0, 0.05) is 17.2 Å². The van der Waals surface area contributed by atoms with E-state index in [0.717, 1.165) is 40.8 Å². The molecule has 1 saturated carbocycles. The van der Waals surface area contributed by atoms with Crippen molar-refractivity contribution in [2.75, 3.05) is 17.2 Å².